The highest BCUT2D eigenvalue weighted by molar-refractivity contribution is 5.80. The van der Waals surface area contributed by atoms with E-state index in [2.05, 4.69) is 31.4 Å². The van der Waals surface area contributed by atoms with E-state index in [0.717, 1.165) is 13.0 Å². The van der Waals surface area contributed by atoms with E-state index in [1.54, 1.807) is 0 Å². The highest BCUT2D eigenvalue weighted by atomic mass is 16.5. The molecule has 3 unspecified atom stereocenters. The van der Waals surface area contributed by atoms with Crippen LogP contribution in [0.15, 0.2) is 0 Å². The second-order valence-corrected chi connectivity index (χ2v) is 5.58. The van der Waals surface area contributed by atoms with Crippen LogP contribution in [0, 0.1) is 11.8 Å². The molecule has 19 heavy (non-hydrogen) atoms. The number of hydrogen-bond donors (Lipinski definition) is 3. The standard InChI is InChI=1S/C14H28N2O3/c1-4-6-15-13-9-19-8-11(13)14(18)16-12(5-7-17)10(2)3/h10-13,15,17H,4-9H2,1-3H3,(H,16,18). The first kappa shape index (κ1) is 16.4. The molecule has 1 aliphatic heterocycles. The molecule has 112 valence electrons. The Hall–Kier alpha value is -0.650. The minimum Gasteiger partial charge on any atom is -0.396 e. The van der Waals surface area contributed by atoms with Crippen molar-refractivity contribution in [1.29, 1.82) is 0 Å². The van der Waals surface area contributed by atoms with Crippen LogP contribution in [-0.4, -0.2) is 49.5 Å². The van der Waals surface area contributed by atoms with Gasteiger partial charge in [-0.15, -0.1) is 0 Å². The number of rotatable bonds is 8. The van der Waals surface area contributed by atoms with Crippen molar-refractivity contribution in [3.63, 3.8) is 0 Å². The maximum absolute atomic E-state index is 12.3. The van der Waals surface area contributed by atoms with Gasteiger partial charge < -0.3 is 20.5 Å². The number of carbonyl (C=O) groups is 1. The number of carbonyl (C=O) groups excluding carboxylic acids is 1. The molecule has 1 rings (SSSR count). The van der Waals surface area contributed by atoms with E-state index >= 15 is 0 Å². The summed E-state index contributed by atoms with van der Waals surface area (Å²) in [7, 11) is 0. The first-order chi connectivity index (χ1) is 9.10. The molecule has 0 aliphatic carbocycles. The molecule has 0 aromatic carbocycles. The number of amides is 1. The Morgan fingerprint density at radius 1 is 1.42 bits per heavy atom. The second kappa shape index (κ2) is 8.51. The SMILES string of the molecule is CCCNC1COCC1C(=O)NC(CCO)C(C)C. The summed E-state index contributed by atoms with van der Waals surface area (Å²) in [5, 5.41) is 15.5. The lowest BCUT2D eigenvalue weighted by Crippen LogP contribution is -2.48. The maximum Gasteiger partial charge on any atom is 0.227 e. The molecule has 5 heteroatoms. The predicted octanol–water partition coefficient (Wildman–Crippen LogP) is 0.524. The van der Waals surface area contributed by atoms with Crippen LogP contribution >= 0.6 is 0 Å². The average molecular weight is 272 g/mol. The Morgan fingerprint density at radius 2 is 2.16 bits per heavy atom. The molecule has 3 N–H and O–H groups in total. The Bertz CT molecular complexity index is 271. The number of hydrogen-bond acceptors (Lipinski definition) is 4. The van der Waals surface area contributed by atoms with Gasteiger partial charge in [0.2, 0.25) is 5.91 Å². The van der Waals surface area contributed by atoms with Gasteiger partial charge in [-0.25, -0.2) is 0 Å². The zero-order chi connectivity index (χ0) is 14.3. The number of aliphatic hydroxyl groups excluding tert-OH is 1. The van der Waals surface area contributed by atoms with Crippen LogP contribution in [0.3, 0.4) is 0 Å². The molecule has 0 saturated carbocycles. The molecular weight excluding hydrogens is 244 g/mol. The summed E-state index contributed by atoms with van der Waals surface area (Å²) in [5.74, 6) is 0.241. The monoisotopic (exact) mass is 272 g/mol. The van der Waals surface area contributed by atoms with Crippen molar-refractivity contribution in [3.8, 4) is 0 Å². The van der Waals surface area contributed by atoms with Crippen LogP contribution in [-0.2, 0) is 9.53 Å². The molecule has 0 radical (unpaired) electrons. The Morgan fingerprint density at radius 3 is 2.74 bits per heavy atom. The van der Waals surface area contributed by atoms with Crippen molar-refractivity contribution in [2.45, 2.75) is 45.7 Å². The molecule has 0 bridgehead atoms. The minimum atomic E-state index is -0.119. The average Bonchev–Trinajstić information content (AvgIpc) is 2.83. The highest BCUT2D eigenvalue weighted by Crippen LogP contribution is 2.15. The van der Waals surface area contributed by atoms with Gasteiger partial charge in [-0.2, -0.15) is 0 Å². The quantitative estimate of drug-likeness (QED) is 0.602. The molecule has 1 aliphatic rings. The summed E-state index contributed by atoms with van der Waals surface area (Å²) in [6, 6.07) is 0.145. The van der Waals surface area contributed by atoms with Gasteiger partial charge >= 0.3 is 0 Å². The third-order valence-corrected chi connectivity index (χ3v) is 3.65. The minimum absolute atomic E-state index is 0.0323. The third-order valence-electron chi connectivity index (χ3n) is 3.65. The Labute approximate surface area is 116 Å². The first-order valence-electron chi connectivity index (χ1n) is 7.32. The van der Waals surface area contributed by atoms with E-state index in [-0.39, 0.29) is 30.5 Å². The maximum atomic E-state index is 12.3. The van der Waals surface area contributed by atoms with Crippen molar-refractivity contribution in [1.82, 2.24) is 10.6 Å². The first-order valence-corrected chi connectivity index (χ1v) is 7.32. The highest BCUT2D eigenvalue weighted by Gasteiger charge is 2.34. The number of ether oxygens (including phenoxy) is 1. The molecule has 1 fully saturated rings. The fourth-order valence-corrected chi connectivity index (χ4v) is 2.34. The van der Waals surface area contributed by atoms with E-state index in [4.69, 9.17) is 9.84 Å². The topological polar surface area (TPSA) is 70.6 Å². The molecule has 3 atom stereocenters. The van der Waals surface area contributed by atoms with Gasteiger partial charge in [0.25, 0.3) is 0 Å². The fraction of sp³-hybridized carbons (Fsp3) is 0.929. The lowest BCUT2D eigenvalue weighted by molar-refractivity contribution is -0.126. The summed E-state index contributed by atoms with van der Waals surface area (Å²) < 4.78 is 5.42. The molecule has 0 aromatic heterocycles. The van der Waals surface area contributed by atoms with Crippen molar-refractivity contribution >= 4 is 5.91 Å². The largest absolute Gasteiger partial charge is 0.396 e. The molecule has 5 nitrogen and oxygen atoms in total. The van der Waals surface area contributed by atoms with Crippen molar-refractivity contribution in [3.05, 3.63) is 0 Å². The van der Waals surface area contributed by atoms with Gasteiger partial charge in [0, 0.05) is 18.7 Å². The van der Waals surface area contributed by atoms with Gasteiger partial charge in [0.1, 0.15) is 0 Å². The summed E-state index contributed by atoms with van der Waals surface area (Å²) in [5.41, 5.74) is 0. The van der Waals surface area contributed by atoms with E-state index < -0.39 is 0 Å². The third kappa shape index (κ3) is 5.09. The van der Waals surface area contributed by atoms with Crippen molar-refractivity contribution < 1.29 is 14.6 Å². The van der Waals surface area contributed by atoms with Gasteiger partial charge in [-0.1, -0.05) is 20.8 Å². The smallest absolute Gasteiger partial charge is 0.227 e. The van der Waals surface area contributed by atoms with Crippen LogP contribution in [0.5, 0.6) is 0 Å². The van der Waals surface area contributed by atoms with Crippen molar-refractivity contribution in [2.24, 2.45) is 11.8 Å². The van der Waals surface area contributed by atoms with E-state index in [9.17, 15) is 4.79 Å². The van der Waals surface area contributed by atoms with E-state index in [1.807, 2.05) is 0 Å². The molecule has 0 spiro atoms. The van der Waals surface area contributed by atoms with E-state index in [1.165, 1.54) is 0 Å². The van der Waals surface area contributed by atoms with Gasteiger partial charge in [0.05, 0.1) is 19.1 Å². The summed E-state index contributed by atoms with van der Waals surface area (Å²) in [6.45, 7) is 8.30. The summed E-state index contributed by atoms with van der Waals surface area (Å²) >= 11 is 0. The van der Waals surface area contributed by atoms with Crippen LogP contribution in [0.2, 0.25) is 0 Å². The fourth-order valence-electron chi connectivity index (χ4n) is 2.34. The van der Waals surface area contributed by atoms with E-state index in [0.29, 0.717) is 25.6 Å². The molecular formula is C14H28N2O3. The number of aliphatic hydroxyl groups is 1. The summed E-state index contributed by atoms with van der Waals surface area (Å²) in [6.07, 6.45) is 1.65. The zero-order valence-corrected chi connectivity index (χ0v) is 12.3. The van der Waals surface area contributed by atoms with Crippen LogP contribution in [0.25, 0.3) is 0 Å². The predicted molar refractivity (Wildman–Crippen MR) is 74.9 cm³/mol. The van der Waals surface area contributed by atoms with Crippen LogP contribution in [0.4, 0.5) is 0 Å². The Kier molecular flexibility index (Phi) is 7.34. The van der Waals surface area contributed by atoms with Crippen LogP contribution < -0.4 is 10.6 Å². The lowest BCUT2D eigenvalue weighted by Gasteiger charge is -2.25. The summed E-state index contributed by atoms with van der Waals surface area (Å²) in [4.78, 5) is 12.3. The van der Waals surface area contributed by atoms with Gasteiger partial charge in [0.15, 0.2) is 0 Å². The van der Waals surface area contributed by atoms with Crippen molar-refractivity contribution in [2.75, 3.05) is 26.4 Å². The van der Waals surface area contributed by atoms with Crippen LogP contribution in [0.1, 0.15) is 33.6 Å². The lowest BCUT2D eigenvalue weighted by atomic mass is 9.98. The molecule has 1 saturated heterocycles. The molecule has 1 heterocycles. The number of nitrogens with one attached hydrogen (secondary N) is 2. The Balaban J connectivity index is 2.50. The zero-order valence-electron chi connectivity index (χ0n) is 12.3. The van der Waals surface area contributed by atoms with Gasteiger partial charge in [-0.05, 0) is 25.3 Å². The molecule has 1 amide bonds. The normalized spacial score (nSPS) is 24.7. The van der Waals surface area contributed by atoms with Gasteiger partial charge in [-0.3, -0.25) is 4.79 Å². The second-order valence-electron chi connectivity index (χ2n) is 5.58. The molecule has 0 aromatic rings.